The summed E-state index contributed by atoms with van der Waals surface area (Å²) >= 11 is 0. The van der Waals surface area contributed by atoms with E-state index in [1.165, 1.54) is 0 Å². The van der Waals surface area contributed by atoms with Crippen molar-refractivity contribution in [1.82, 2.24) is 14.9 Å². The molecule has 3 fully saturated rings. The van der Waals surface area contributed by atoms with Crippen LogP contribution >= 0.6 is 24.8 Å². The average Bonchev–Trinajstić information content (AvgIpc) is 3.15. The molecule has 12 heteroatoms. The Labute approximate surface area is 218 Å². The quantitative estimate of drug-likeness (QED) is 0.404. The molecular weight excluding hydrogens is 517 g/mol. The molecule has 0 bridgehead atoms. The molecular formula is C23H35Cl2N3O6S. The summed E-state index contributed by atoms with van der Waals surface area (Å²) in [5.41, 5.74) is 0.646. The van der Waals surface area contributed by atoms with Crippen LogP contribution in [0.1, 0.15) is 37.7 Å². The third-order valence-corrected chi connectivity index (χ3v) is 9.28. The van der Waals surface area contributed by atoms with E-state index in [-0.39, 0.29) is 42.0 Å². The lowest BCUT2D eigenvalue weighted by Gasteiger charge is -2.42. The summed E-state index contributed by atoms with van der Waals surface area (Å²) in [5, 5.41) is 22.3. The molecule has 0 spiro atoms. The molecule has 3 aliphatic rings. The van der Waals surface area contributed by atoms with E-state index < -0.39 is 40.1 Å². The Morgan fingerprint density at radius 3 is 2.43 bits per heavy atom. The summed E-state index contributed by atoms with van der Waals surface area (Å²) in [7, 11) is -3.74. The molecule has 198 valence electrons. The summed E-state index contributed by atoms with van der Waals surface area (Å²) < 4.78 is 28.5. The number of aliphatic carboxylic acids is 2. The second kappa shape index (κ2) is 12.2. The molecule has 2 heterocycles. The van der Waals surface area contributed by atoms with Crippen LogP contribution in [0.3, 0.4) is 0 Å². The molecule has 35 heavy (non-hydrogen) atoms. The topological polar surface area (TPSA) is 136 Å². The van der Waals surface area contributed by atoms with Crippen molar-refractivity contribution in [1.29, 1.82) is 0 Å². The summed E-state index contributed by atoms with van der Waals surface area (Å²) in [5.74, 6) is -0.669. The second-order valence-corrected chi connectivity index (χ2v) is 11.5. The Hall–Kier alpha value is -1.43. The zero-order valence-corrected chi connectivity index (χ0v) is 22.1. The SMILES string of the molecule is Cc1ccccc1S(=O)(=O)N[C@H]1C[C@@H](C(=O)O)N(C[C@H]2CC[C@H]3CN[C@H](C(=O)O)C[C@H]3C2)C1.Cl.Cl. The predicted octanol–water partition coefficient (Wildman–Crippen LogP) is 2.12. The standard InChI is InChI=1S/C23H33N3O6S.2ClH/c1-14-4-2-3-5-21(14)33(31,32)25-18-10-20(23(29)30)26(13-18)12-15-6-7-16-11-24-19(22(27)28)9-17(16)8-15;;/h2-5,15-20,24-25H,6-13H2,1H3,(H,27,28)(H,29,30);2*1H/t15-,16-,17+,18-,19-,20-;;/m0../s1. The number of piperidine rings is 1. The number of nitrogens with zero attached hydrogens (tertiary/aromatic N) is 1. The van der Waals surface area contributed by atoms with Crippen LogP contribution in [0.5, 0.6) is 0 Å². The van der Waals surface area contributed by atoms with Gasteiger partial charge in [-0.3, -0.25) is 14.5 Å². The van der Waals surface area contributed by atoms with E-state index in [9.17, 15) is 28.2 Å². The number of likely N-dealkylation sites (tertiary alicyclic amines) is 1. The number of rotatable bonds is 7. The van der Waals surface area contributed by atoms with Gasteiger partial charge in [0.05, 0.1) is 4.90 Å². The van der Waals surface area contributed by atoms with Crippen LogP contribution in [0.2, 0.25) is 0 Å². The molecule has 0 amide bonds. The normalized spacial score (nSPS) is 31.0. The van der Waals surface area contributed by atoms with Gasteiger partial charge < -0.3 is 15.5 Å². The van der Waals surface area contributed by atoms with Gasteiger partial charge in [0.25, 0.3) is 0 Å². The number of sulfonamides is 1. The molecule has 9 nitrogen and oxygen atoms in total. The maximum Gasteiger partial charge on any atom is 0.320 e. The van der Waals surface area contributed by atoms with Crippen molar-refractivity contribution in [2.24, 2.45) is 17.8 Å². The largest absolute Gasteiger partial charge is 0.480 e. The Morgan fingerprint density at radius 2 is 1.77 bits per heavy atom. The molecule has 4 N–H and O–H groups in total. The van der Waals surface area contributed by atoms with Crippen LogP contribution < -0.4 is 10.0 Å². The lowest BCUT2D eigenvalue weighted by atomic mass is 9.69. The van der Waals surface area contributed by atoms with Gasteiger partial charge in [0.15, 0.2) is 0 Å². The lowest BCUT2D eigenvalue weighted by Crippen LogP contribution is -2.50. The molecule has 1 aliphatic carbocycles. The molecule has 2 saturated heterocycles. The smallest absolute Gasteiger partial charge is 0.320 e. The van der Waals surface area contributed by atoms with Gasteiger partial charge in [0.2, 0.25) is 10.0 Å². The first-order valence-corrected chi connectivity index (χ1v) is 13.1. The van der Waals surface area contributed by atoms with E-state index in [0.29, 0.717) is 36.9 Å². The van der Waals surface area contributed by atoms with Crippen molar-refractivity contribution in [2.45, 2.75) is 62.0 Å². The average molecular weight is 553 g/mol. The van der Waals surface area contributed by atoms with Gasteiger partial charge in [-0.1, -0.05) is 18.2 Å². The maximum atomic E-state index is 12.9. The zero-order chi connectivity index (χ0) is 23.8. The second-order valence-electron chi connectivity index (χ2n) is 9.86. The van der Waals surface area contributed by atoms with Crippen LogP contribution in [-0.4, -0.2) is 73.2 Å². The molecule has 0 radical (unpaired) electrons. The van der Waals surface area contributed by atoms with Gasteiger partial charge in [-0.2, -0.15) is 0 Å². The van der Waals surface area contributed by atoms with Crippen LogP contribution in [0.4, 0.5) is 0 Å². The van der Waals surface area contributed by atoms with Crippen LogP contribution in [0, 0.1) is 24.7 Å². The summed E-state index contributed by atoms with van der Waals surface area (Å²) in [4.78, 5) is 25.4. The number of carbonyl (C=O) groups is 2. The number of fused-ring (bicyclic) bond motifs is 1. The monoisotopic (exact) mass is 551 g/mol. The fourth-order valence-electron chi connectivity index (χ4n) is 5.94. The van der Waals surface area contributed by atoms with Gasteiger partial charge in [0, 0.05) is 19.1 Å². The number of hydrogen-bond acceptors (Lipinski definition) is 6. The highest BCUT2D eigenvalue weighted by atomic mass is 35.5. The van der Waals surface area contributed by atoms with Gasteiger partial charge in [-0.05, 0) is 75.0 Å². The van der Waals surface area contributed by atoms with Gasteiger partial charge in [-0.15, -0.1) is 24.8 Å². The van der Waals surface area contributed by atoms with Crippen molar-refractivity contribution >= 4 is 46.8 Å². The van der Waals surface area contributed by atoms with E-state index in [0.717, 1.165) is 25.8 Å². The molecule has 4 rings (SSSR count). The highest BCUT2D eigenvalue weighted by molar-refractivity contribution is 7.89. The number of hydrogen-bond donors (Lipinski definition) is 4. The minimum absolute atomic E-state index is 0. The molecule has 2 aliphatic heterocycles. The fourth-order valence-corrected chi connectivity index (χ4v) is 7.42. The summed E-state index contributed by atoms with van der Waals surface area (Å²) in [6, 6.07) is 5.04. The van der Waals surface area contributed by atoms with Crippen molar-refractivity contribution < 1.29 is 28.2 Å². The molecule has 6 atom stereocenters. The van der Waals surface area contributed by atoms with Crippen LogP contribution in [-0.2, 0) is 19.6 Å². The van der Waals surface area contributed by atoms with Gasteiger partial charge >= 0.3 is 11.9 Å². The summed E-state index contributed by atoms with van der Waals surface area (Å²) in [6.07, 6.45) is 3.70. The predicted molar refractivity (Wildman–Crippen MR) is 136 cm³/mol. The van der Waals surface area contributed by atoms with Crippen LogP contribution in [0.15, 0.2) is 29.2 Å². The Bertz CT molecular complexity index is 1010. The van der Waals surface area contributed by atoms with Gasteiger partial charge in [-0.25, -0.2) is 13.1 Å². The molecule has 1 aromatic carbocycles. The minimum Gasteiger partial charge on any atom is -0.480 e. The first-order valence-electron chi connectivity index (χ1n) is 11.6. The van der Waals surface area contributed by atoms with Crippen molar-refractivity contribution in [3.63, 3.8) is 0 Å². The van der Waals surface area contributed by atoms with E-state index >= 15 is 0 Å². The first kappa shape index (κ1) is 29.8. The zero-order valence-electron chi connectivity index (χ0n) is 19.6. The molecule has 0 unspecified atom stereocenters. The highest BCUT2D eigenvalue weighted by Gasteiger charge is 2.42. The molecule has 0 aromatic heterocycles. The number of aryl methyl sites for hydroxylation is 1. The van der Waals surface area contributed by atoms with Crippen molar-refractivity contribution in [2.75, 3.05) is 19.6 Å². The fraction of sp³-hybridized carbons (Fsp3) is 0.652. The Balaban J connectivity index is 0.00000216. The highest BCUT2D eigenvalue weighted by Crippen LogP contribution is 2.39. The van der Waals surface area contributed by atoms with Crippen molar-refractivity contribution in [3.8, 4) is 0 Å². The third-order valence-electron chi connectivity index (χ3n) is 7.60. The minimum atomic E-state index is -3.74. The summed E-state index contributed by atoms with van der Waals surface area (Å²) in [6.45, 7) is 3.40. The number of benzene rings is 1. The van der Waals surface area contributed by atoms with Crippen LogP contribution in [0.25, 0.3) is 0 Å². The van der Waals surface area contributed by atoms with E-state index in [4.69, 9.17) is 0 Å². The number of halogens is 2. The van der Waals surface area contributed by atoms with Crippen molar-refractivity contribution in [3.05, 3.63) is 29.8 Å². The Morgan fingerprint density at radius 1 is 1.06 bits per heavy atom. The van der Waals surface area contributed by atoms with E-state index in [1.54, 1.807) is 31.2 Å². The molecule has 1 saturated carbocycles. The lowest BCUT2D eigenvalue weighted by molar-refractivity contribution is -0.143. The third kappa shape index (κ3) is 6.87. The molecule has 1 aromatic rings. The van der Waals surface area contributed by atoms with Gasteiger partial charge in [0.1, 0.15) is 12.1 Å². The number of carboxylic acid groups (broad SMARTS) is 2. The number of nitrogens with one attached hydrogen (secondary N) is 2. The first-order chi connectivity index (χ1) is 15.6. The Kier molecular flexibility index (Phi) is 10.4. The number of carboxylic acids is 2. The van der Waals surface area contributed by atoms with E-state index in [2.05, 4.69) is 10.0 Å². The maximum absolute atomic E-state index is 12.9. The van der Waals surface area contributed by atoms with E-state index in [1.807, 2.05) is 4.90 Å².